The number of hydrogen-bond acceptors (Lipinski definition) is 2. The lowest BCUT2D eigenvalue weighted by atomic mass is 9.87. The quantitative estimate of drug-likeness (QED) is 0.159. The molecule has 1 N–H and O–H groups in total. The van der Waals surface area contributed by atoms with E-state index in [2.05, 4.69) is 126 Å². The van der Waals surface area contributed by atoms with Crippen LogP contribution in [0.1, 0.15) is 62.4 Å². The summed E-state index contributed by atoms with van der Waals surface area (Å²) in [6, 6.07) is 35.2. The van der Waals surface area contributed by atoms with Gasteiger partial charge in [0.15, 0.2) is 6.61 Å². The minimum absolute atomic E-state index is 0.346. The number of aliphatic carboxylic acids is 1. The molecule has 0 aliphatic heterocycles. The van der Waals surface area contributed by atoms with E-state index in [-0.39, 0.29) is 6.61 Å². The van der Waals surface area contributed by atoms with Crippen LogP contribution < -0.4 is 4.74 Å². The van der Waals surface area contributed by atoms with E-state index < -0.39 is 5.97 Å². The van der Waals surface area contributed by atoms with Crippen LogP contribution in [0.15, 0.2) is 97.1 Å². The van der Waals surface area contributed by atoms with Crippen LogP contribution in [-0.2, 0) is 30.5 Å². The summed E-state index contributed by atoms with van der Waals surface area (Å²) in [5.74, 6) is 0.676. The maximum atomic E-state index is 11.2. The molecule has 5 rings (SSSR count). The first-order valence-corrected chi connectivity index (χ1v) is 15.9. The van der Waals surface area contributed by atoms with E-state index >= 15 is 0 Å². The van der Waals surface area contributed by atoms with Crippen molar-refractivity contribution in [3.05, 3.63) is 125 Å². The second-order valence-electron chi connectivity index (χ2n) is 12.7. The predicted molar refractivity (Wildman–Crippen MR) is 184 cm³/mol. The van der Waals surface area contributed by atoms with Gasteiger partial charge in [0.1, 0.15) is 5.75 Å². The first-order chi connectivity index (χ1) is 21.2. The summed E-state index contributed by atoms with van der Waals surface area (Å²) in [5, 5.41) is 11.7. The highest BCUT2D eigenvalue weighted by Gasteiger charge is 2.15. The van der Waals surface area contributed by atoms with Gasteiger partial charge < -0.3 is 9.84 Å². The summed E-state index contributed by atoms with van der Waals surface area (Å²) in [6.45, 7) is 10.8. The summed E-state index contributed by atoms with van der Waals surface area (Å²) >= 11 is 0. The maximum Gasteiger partial charge on any atom is 0.341 e. The maximum absolute atomic E-state index is 11.2. The Morgan fingerprint density at radius 2 is 1.30 bits per heavy atom. The number of carbonyl (C=O) groups is 1. The molecule has 0 spiro atoms. The molecule has 0 amide bonds. The fraction of sp³-hybridized carbons (Fsp3) is 0.293. The van der Waals surface area contributed by atoms with Gasteiger partial charge in [-0.1, -0.05) is 120 Å². The van der Waals surface area contributed by atoms with Gasteiger partial charge in [-0.15, -0.1) is 0 Å². The second kappa shape index (κ2) is 13.9. The number of rotatable bonds is 12. The molecule has 0 heterocycles. The Balaban J connectivity index is 1.64. The predicted octanol–water partition coefficient (Wildman–Crippen LogP) is 10.2. The Morgan fingerprint density at radius 1 is 0.659 bits per heavy atom. The summed E-state index contributed by atoms with van der Waals surface area (Å²) in [4.78, 5) is 11.2. The van der Waals surface area contributed by atoms with E-state index in [1.54, 1.807) is 0 Å². The van der Waals surface area contributed by atoms with Crippen LogP contribution in [0.2, 0.25) is 0 Å². The van der Waals surface area contributed by atoms with Gasteiger partial charge in [0.2, 0.25) is 0 Å². The van der Waals surface area contributed by atoms with Crippen LogP contribution in [0, 0.1) is 11.8 Å². The van der Waals surface area contributed by atoms with Gasteiger partial charge in [-0.05, 0) is 110 Å². The molecule has 0 saturated carbocycles. The third kappa shape index (κ3) is 7.39. The first-order valence-electron chi connectivity index (χ1n) is 15.9. The van der Waals surface area contributed by atoms with Crippen molar-refractivity contribution in [1.29, 1.82) is 0 Å². The second-order valence-corrected chi connectivity index (χ2v) is 12.7. The molecule has 0 radical (unpaired) electrons. The molecule has 226 valence electrons. The van der Waals surface area contributed by atoms with Crippen LogP contribution in [0.25, 0.3) is 33.0 Å². The third-order valence-electron chi connectivity index (χ3n) is 8.27. The summed E-state index contributed by atoms with van der Waals surface area (Å²) in [7, 11) is 0. The Kier molecular flexibility index (Phi) is 9.85. The molecule has 44 heavy (non-hydrogen) atoms. The van der Waals surface area contributed by atoms with Gasteiger partial charge in [0, 0.05) is 0 Å². The monoisotopic (exact) mass is 584 g/mol. The molecule has 0 aliphatic carbocycles. The molecule has 5 aromatic carbocycles. The van der Waals surface area contributed by atoms with Crippen molar-refractivity contribution in [2.24, 2.45) is 11.8 Å². The Bertz CT molecular complexity index is 1760. The SMILES string of the molecule is CCc1ccc(-c2ccc(-c3ccc(OCC(=O)O)c(CC(C)C)c3)c(Cc3cccc4ccccc34)c2)cc1CC(C)C. The molecule has 3 nitrogen and oxygen atoms in total. The number of carboxylic acid groups (broad SMARTS) is 1. The first kappa shape index (κ1) is 31.1. The van der Waals surface area contributed by atoms with Crippen molar-refractivity contribution in [2.45, 2.75) is 60.3 Å². The van der Waals surface area contributed by atoms with Gasteiger partial charge in [0.25, 0.3) is 0 Å². The molecule has 0 atom stereocenters. The largest absolute Gasteiger partial charge is 0.482 e. The van der Waals surface area contributed by atoms with E-state index in [0.29, 0.717) is 17.6 Å². The van der Waals surface area contributed by atoms with Crippen molar-refractivity contribution >= 4 is 16.7 Å². The fourth-order valence-electron chi connectivity index (χ4n) is 6.26. The van der Waals surface area contributed by atoms with Gasteiger partial charge in [0.05, 0.1) is 0 Å². The topological polar surface area (TPSA) is 46.5 Å². The highest BCUT2D eigenvalue weighted by atomic mass is 16.5. The average Bonchev–Trinajstić information content (AvgIpc) is 3.00. The zero-order chi connectivity index (χ0) is 31.2. The van der Waals surface area contributed by atoms with E-state index in [1.807, 2.05) is 6.07 Å². The highest BCUT2D eigenvalue weighted by molar-refractivity contribution is 5.86. The molecule has 0 saturated heterocycles. The average molecular weight is 585 g/mol. The van der Waals surface area contributed by atoms with E-state index in [9.17, 15) is 9.90 Å². The van der Waals surface area contributed by atoms with Gasteiger partial charge in [-0.2, -0.15) is 0 Å². The van der Waals surface area contributed by atoms with Gasteiger partial charge in [-0.25, -0.2) is 4.79 Å². The third-order valence-corrected chi connectivity index (χ3v) is 8.27. The molecule has 0 fully saturated rings. The van der Waals surface area contributed by atoms with Gasteiger partial charge >= 0.3 is 5.97 Å². The van der Waals surface area contributed by atoms with Crippen molar-refractivity contribution in [3.8, 4) is 28.0 Å². The zero-order valence-electron chi connectivity index (χ0n) is 26.7. The zero-order valence-corrected chi connectivity index (χ0v) is 26.7. The lowest BCUT2D eigenvalue weighted by Gasteiger charge is -2.18. The summed E-state index contributed by atoms with van der Waals surface area (Å²) in [6.07, 6.45) is 3.72. The molecule has 0 aromatic heterocycles. The normalized spacial score (nSPS) is 11.4. The summed E-state index contributed by atoms with van der Waals surface area (Å²) in [5.41, 5.74) is 11.2. The van der Waals surface area contributed by atoms with Crippen molar-refractivity contribution < 1.29 is 14.6 Å². The number of aryl methyl sites for hydroxylation is 1. The van der Waals surface area contributed by atoms with Crippen LogP contribution in [0.3, 0.4) is 0 Å². The number of carboxylic acids is 1. The Labute approximate surface area is 262 Å². The smallest absolute Gasteiger partial charge is 0.341 e. The molecule has 0 unspecified atom stereocenters. The molecular weight excluding hydrogens is 540 g/mol. The summed E-state index contributed by atoms with van der Waals surface area (Å²) < 4.78 is 5.70. The van der Waals surface area contributed by atoms with Crippen molar-refractivity contribution in [1.82, 2.24) is 0 Å². The molecule has 0 bridgehead atoms. The molecule has 3 heteroatoms. The van der Waals surface area contributed by atoms with E-state index in [4.69, 9.17) is 4.74 Å². The van der Waals surface area contributed by atoms with E-state index in [1.165, 1.54) is 49.7 Å². The minimum atomic E-state index is -0.971. The Morgan fingerprint density at radius 3 is 2.02 bits per heavy atom. The van der Waals surface area contributed by atoms with Crippen LogP contribution >= 0.6 is 0 Å². The molecule has 0 aliphatic rings. The number of ether oxygens (including phenoxy) is 1. The lowest BCUT2D eigenvalue weighted by molar-refractivity contribution is -0.139. The van der Waals surface area contributed by atoms with Gasteiger partial charge in [-0.3, -0.25) is 0 Å². The van der Waals surface area contributed by atoms with Crippen molar-refractivity contribution in [3.63, 3.8) is 0 Å². The highest BCUT2D eigenvalue weighted by Crippen LogP contribution is 2.36. The van der Waals surface area contributed by atoms with Crippen LogP contribution in [0.5, 0.6) is 5.75 Å². The molecular formula is C41H44O3. The standard InChI is InChI=1S/C41H44O3/c1-6-29-14-15-31(22-35(29)20-27(2)3)32-16-18-39(34-17-19-40(44-26-41(42)43)37(25-34)21-28(4)5)36(23-32)24-33-12-9-11-30-10-7-8-13-38(30)33/h7-19,22-23,25,27-28H,6,20-21,24,26H2,1-5H3,(H,42,43). The number of fused-ring (bicyclic) bond motifs is 1. The Hall–Kier alpha value is -4.37. The minimum Gasteiger partial charge on any atom is -0.482 e. The molecule has 5 aromatic rings. The van der Waals surface area contributed by atoms with E-state index in [0.717, 1.165) is 36.8 Å². The number of benzene rings is 5. The van der Waals surface area contributed by atoms with Crippen LogP contribution in [0.4, 0.5) is 0 Å². The fourth-order valence-corrected chi connectivity index (χ4v) is 6.26. The number of hydrogen-bond donors (Lipinski definition) is 1. The lowest BCUT2D eigenvalue weighted by Crippen LogP contribution is -2.11. The van der Waals surface area contributed by atoms with Crippen molar-refractivity contribution in [2.75, 3.05) is 6.61 Å². The van der Waals surface area contributed by atoms with Crippen LogP contribution in [-0.4, -0.2) is 17.7 Å².